The van der Waals surface area contributed by atoms with Crippen molar-refractivity contribution in [2.45, 2.75) is 12.5 Å². The summed E-state index contributed by atoms with van der Waals surface area (Å²) in [6, 6.07) is 12.2. The van der Waals surface area contributed by atoms with Crippen LogP contribution in [-0.4, -0.2) is 4.98 Å². The number of hydrogen-bond donors (Lipinski definition) is 0. The molecule has 0 spiro atoms. The van der Waals surface area contributed by atoms with Gasteiger partial charge >= 0.3 is 0 Å². The summed E-state index contributed by atoms with van der Waals surface area (Å²) in [5, 5.41) is 5.22. The number of benzene rings is 2. The Labute approximate surface area is 134 Å². The monoisotopic (exact) mass is 367 g/mol. The van der Waals surface area contributed by atoms with E-state index in [1.807, 2.05) is 23.6 Å². The van der Waals surface area contributed by atoms with Gasteiger partial charge in [-0.1, -0.05) is 30.3 Å². The summed E-state index contributed by atoms with van der Waals surface area (Å²) in [5.41, 5.74) is 0.896. The van der Waals surface area contributed by atoms with E-state index in [0.717, 1.165) is 26.3 Å². The first-order valence-corrected chi connectivity index (χ1v) is 8.28. The molecule has 1 heterocycles. The summed E-state index contributed by atoms with van der Waals surface area (Å²) in [5.74, 6) is 1.27. The Morgan fingerprint density at radius 1 is 1.20 bits per heavy atom. The van der Waals surface area contributed by atoms with E-state index in [-0.39, 0.29) is 0 Å². The van der Waals surface area contributed by atoms with E-state index in [1.54, 1.807) is 11.3 Å². The summed E-state index contributed by atoms with van der Waals surface area (Å²) in [6.45, 7) is 0.457. The van der Waals surface area contributed by atoms with Gasteiger partial charge in [0.15, 0.2) is 0 Å². The molecule has 0 aliphatic heterocycles. The topological polar surface area (TPSA) is 22.1 Å². The molecule has 0 unspecified atom stereocenters. The van der Waals surface area contributed by atoms with Crippen LogP contribution in [0.4, 0.5) is 0 Å². The Hall–Kier alpha value is -1.10. The SMILES string of the molecule is ClCc1csc(COc2ccc3ccccc3c2Br)n1. The third-order valence-corrected chi connectivity index (χ3v) is 4.88. The van der Waals surface area contributed by atoms with Crippen LogP contribution in [0.2, 0.25) is 0 Å². The van der Waals surface area contributed by atoms with Crippen molar-refractivity contribution in [1.29, 1.82) is 0 Å². The van der Waals surface area contributed by atoms with Crippen molar-refractivity contribution in [3.63, 3.8) is 0 Å². The molecule has 0 atom stereocenters. The second kappa shape index (κ2) is 6.12. The van der Waals surface area contributed by atoms with Crippen LogP contribution in [0.1, 0.15) is 10.7 Å². The number of alkyl halides is 1. The number of hydrogen-bond acceptors (Lipinski definition) is 3. The molecule has 2 aromatic carbocycles. The largest absolute Gasteiger partial charge is 0.485 e. The molecule has 0 saturated heterocycles. The van der Waals surface area contributed by atoms with Crippen LogP contribution in [0.5, 0.6) is 5.75 Å². The smallest absolute Gasteiger partial charge is 0.140 e. The lowest BCUT2D eigenvalue weighted by molar-refractivity contribution is 0.304. The molecule has 0 saturated carbocycles. The maximum absolute atomic E-state index is 5.85. The third-order valence-electron chi connectivity index (χ3n) is 2.92. The summed E-state index contributed by atoms with van der Waals surface area (Å²) >= 11 is 10.9. The van der Waals surface area contributed by atoms with Gasteiger partial charge in [-0.15, -0.1) is 22.9 Å². The van der Waals surface area contributed by atoms with E-state index in [4.69, 9.17) is 16.3 Å². The van der Waals surface area contributed by atoms with E-state index in [1.165, 1.54) is 5.39 Å². The second-order valence-electron chi connectivity index (χ2n) is 4.25. The number of thiazole rings is 1. The summed E-state index contributed by atoms with van der Waals surface area (Å²) in [6.07, 6.45) is 0. The van der Waals surface area contributed by atoms with Crippen LogP contribution in [-0.2, 0) is 12.5 Å². The minimum absolute atomic E-state index is 0.441. The lowest BCUT2D eigenvalue weighted by Crippen LogP contribution is -1.96. The molecule has 3 rings (SSSR count). The first-order valence-electron chi connectivity index (χ1n) is 6.07. The van der Waals surface area contributed by atoms with Crippen LogP contribution in [0.15, 0.2) is 46.3 Å². The quantitative estimate of drug-likeness (QED) is 0.577. The van der Waals surface area contributed by atoms with Gasteiger partial charge in [0.05, 0.1) is 16.0 Å². The minimum Gasteiger partial charge on any atom is -0.485 e. The van der Waals surface area contributed by atoms with Crippen LogP contribution in [0, 0.1) is 0 Å². The van der Waals surface area contributed by atoms with Gasteiger partial charge in [-0.05, 0) is 32.8 Å². The number of halogens is 2. The van der Waals surface area contributed by atoms with E-state index in [0.29, 0.717) is 12.5 Å². The Bertz CT molecular complexity index is 744. The maximum Gasteiger partial charge on any atom is 0.140 e. The molecule has 0 bridgehead atoms. The zero-order chi connectivity index (χ0) is 13.9. The predicted octanol–water partition coefficient (Wildman–Crippen LogP) is 5.38. The lowest BCUT2D eigenvalue weighted by atomic mass is 10.1. The molecular weight excluding hydrogens is 358 g/mol. The molecule has 0 N–H and O–H groups in total. The maximum atomic E-state index is 5.85. The Morgan fingerprint density at radius 2 is 2.05 bits per heavy atom. The zero-order valence-corrected chi connectivity index (χ0v) is 13.6. The van der Waals surface area contributed by atoms with Gasteiger partial charge in [-0.2, -0.15) is 0 Å². The molecule has 3 aromatic rings. The van der Waals surface area contributed by atoms with Gasteiger partial charge in [0.1, 0.15) is 17.4 Å². The van der Waals surface area contributed by atoms with E-state index in [2.05, 4.69) is 39.1 Å². The van der Waals surface area contributed by atoms with Crippen LogP contribution in [0.25, 0.3) is 10.8 Å². The summed E-state index contributed by atoms with van der Waals surface area (Å²) in [4.78, 5) is 4.38. The van der Waals surface area contributed by atoms with Gasteiger partial charge < -0.3 is 4.74 Å². The Balaban J connectivity index is 1.82. The molecule has 1 aromatic heterocycles. The predicted molar refractivity (Wildman–Crippen MR) is 87.7 cm³/mol. The molecule has 20 heavy (non-hydrogen) atoms. The molecule has 102 valence electrons. The fourth-order valence-electron chi connectivity index (χ4n) is 1.94. The van der Waals surface area contributed by atoms with E-state index < -0.39 is 0 Å². The Morgan fingerprint density at radius 3 is 2.85 bits per heavy atom. The van der Waals surface area contributed by atoms with Crippen LogP contribution in [0.3, 0.4) is 0 Å². The fourth-order valence-corrected chi connectivity index (χ4v) is 3.48. The molecule has 2 nitrogen and oxygen atoms in total. The first kappa shape index (κ1) is 13.9. The van der Waals surface area contributed by atoms with Crippen molar-refractivity contribution < 1.29 is 4.74 Å². The number of nitrogens with zero attached hydrogens (tertiary/aromatic N) is 1. The highest BCUT2D eigenvalue weighted by Crippen LogP contribution is 2.33. The molecule has 0 fully saturated rings. The molecule has 0 amide bonds. The second-order valence-corrected chi connectivity index (χ2v) is 6.26. The Kier molecular flexibility index (Phi) is 4.24. The number of rotatable bonds is 4. The molecule has 0 radical (unpaired) electrons. The van der Waals surface area contributed by atoms with E-state index in [9.17, 15) is 0 Å². The summed E-state index contributed by atoms with van der Waals surface area (Å²) < 4.78 is 6.82. The number of ether oxygens (including phenoxy) is 1. The van der Waals surface area contributed by atoms with Crippen molar-refractivity contribution in [3.05, 3.63) is 57.0 Å². The van der Waals surface area contributed by atoms with Crippen molar-refractivity contribution in [2.75, 3.05) is 0 Å². The highest BCUT2D eigenvalue weighted by atomic mass is 79.9. The van der Waals surface area contributed by atoms with Gasteiger partial charge in [0, 0.05) is 5.38 Å². The highest BCUT2D eigenvalue weighted by molar-refractivity contribution is 9.10. The highest BCUT2D eigenvalue weighted by Gasteiger charge is 2.07. The average molecular weight is 369 g/mol. The van der Waals surface area contributed by atoms with Gasteiger partial charge in [-0.25, -0.2) is 4.98 Å². The standard InChI is InChI=1S/C15H11BrClNOS/c16-15-12-4-2-1-3-10(12)5-6-13(15)19-8-14-18-11(7-17)9-20-14/h1-6,9H,7-8H2. The fraction of sp³-hybridized carbons (Fsp3) is 0.133. The van der Waals surface area contributed by atoms with Crippen molar-refractivity contribution >= 4 is 49.6 Å². The number of aromatic nitrogens is 1. The molecule has 0 aliphatic carbocycles. The van der Waals surface area contributed by atoms with Crippen LogP contribution >= 0.6 is 38.9 Å². The molecular formula is C15H11BrClNOS. The molecule has 0 aliphatic rings. The van der Waals surface area contributed by atoms with E-state index >= 15 is 0 Å². The van der Waals surface area contributed by atoms with Gasteiger partial charge in [0.2, 0.25) is 0 Å². The van der Waals surface area contributed by atoms with Crippen molar-refractivity contribution in [3.8, 4) is 5.75 Å². The number of fused-ring (bicyclic) bond motifs is 1. The van der Waals surface area contributed by atoms with Crippen molar-refractivity contribution in [1.82, 2.24) is 4.98 Å². The first-order chi connectivity index (χ1) is 9.78. The third kappa shape index (κ3) is 2.82. The normalized spacial score (nSPS) is 10.9. The minimum atomic E-state index is 0.441. The molecule has 5 heteroatoms. The lowest BCUT2D eigenvalue weighted by Gasteiger charge is -2.09. The zero-order valence-electron chi connectivity index (χ0n) is 10.5. The van der Waals surface area contributed by atoms with Crippen LogP contribution < -0.4 is 4.74 Å². The van der Waals surface area contributed by atoms with Gasteiger partial charge in [0.25, 0.3) is 0 Å². The average Bonchev–Trinajstić information content (AvgIpc) is 2.95. The van der Waals surface area contributed by atoms with Gasteiger partial charge in [-0.3, -0.25) is 0 Å². The summed E-state index contributed by atoms with van der Waals surface area (Å²) in [7, 11) is 0. The van der Waals surface area contributed by atoms with Crippen molar-refractivity contribution in [2.24, 2.45) is 0 Å².